The van der Waals surface area contributed by atoms with Crippen LogP contribution in [0, 0.1) is 0 Å². The van der Waals surface area contributed by atoms with Crippen LogP contribution in [0.25, 0.3) is 16.7 Å². The number of fused-ring (bicyclic) bond motifs is 1. The molecule has 0 spiro atoms. The minimum absolute atomic E-state index is 0.152. The molecule has 0 saturated carbocycles. The van der Waals surface area contributed by atoms with Gasteiger partial charge in [-0.25, -0.2) is 9.97 Å². The maximum absolute atomic E-state index is 12.5. The Hall–Kier alpha value is -2.99. The normalized spacial score (nSPS) is 10.8. The molecule has 2 heterocycles. The zero-order chi connectivity index (χ0) is 17.2. The molecule has 0 aliphatic rings. The lowest BCUT2D eigenvalue weighted by Gasteiger charge is -2.08. The van der Waals surface area contributed by atoms with Gasteiger partial charge in [-0.1, -0.05) is 24.3 Å². The Bertz CT molecular complexity index is 1060. The van der Waals surface area contributed by atoms with Gasteiger partial charge >= 0.3 is 0 Å². The van der Waals surface area contributed by atoms with Crippen molar-refractivity contribution < 1.29 is 4.79 Å². The van der Waals surface area contributed by atoms with Crippen LogP contribution in [-0.4, -0.2) is 20.4 Å². The number of pyridine rings is 1. The second-order valence-corrected chi connectivity index (χ2v) is 6.29. The summed E-state index contributed by atoms with van der Waals surface area (Å²) in [5, 5.41) is 2.90. The molecule has 2 aromatic heterocycles. The van der Waals surface area contributed by atoms with E-state index >= 15 is 0 Å². The van der Waals surface area contributed by atoms with Crippen molar-refractivity contribution >= 4 is 38.6 Å². The fraction of sp³-hybridized carbons (Fsp3) is 0. The third-order valence-corrected chi connectivity index (χ3v) is 4.25. The Balaban J connectivity index is 1.69. The maximum Gasteiger partial charge on any atom is 0.255 e. The Morgan fingerprint density at radius 3 is 2.68 bits per heavy atom. The molecule has 6 heteroatoms. The molecule has 0 aliphatic carbocycles. The number of benzene rings is 2. The zero-order valence-electron chi connectivity index (χ0n) is 13.1. The summed E-state index contributed by atoms with van der Waals surface area (Å²) in [6.45, 7) is 0. The summed E-state index contributed by atoms with van der Waals surface area (Å²) in [6, 6.07) is 18.7. The SMILES string of the molecule is O=C(Nc1ccccc1)c1cccc(-n2cnc3cnc(Br)cc32)c1. The highest BCUT2D eigenvalue weighted by Crippen LogP contribution is 2.21. The molecular weight excluding hydrogens is 380 g/mol. The molecule has 0 bridgehead atoms. The zero-order valence-corrected chi connectivity index (χ0v) is 14.6. The molecule has 0 radical (unpaired) electrons. The molecule has 0 aliphatic heterocycles. The van der Waals surface area contributed by atoms with Crippen molar-refractivity contribution in [3.8, 4) is 5.69 Å². The van der Waals surface area contributed by atoms with Gasteiger partial charge in [0.25, 0.3) is 5.91 Å². The highest BCUT2D eigenvalue weighted by Gasteiger charge is 2.10. The second kappa shape index (κ2) is 6.49. The lowest BCUT2D eigenvalue weighted by molar-refractivity contribution is 0.102. The minimum atomic E-state index is -0.152. The summed E-state index contributed by atoms with van der Waals surface area (Å²) < 4.78 is 2.67. The van der Waals surface area contributed by atoms with Gasteiger partial charge in [0.2, 0.25) is 0 Å². The van der Waals surface area contributed by atoms with Crippen LogP contribution in [0.4, 0.5) is 5.69 Å². The summed E-state index contributed by atoms with van der Waals surface area (Å²) in [6.07, 6.45) is 3.44. The van der Waals surface area contributed by atoms with E-state index < -0.39 is 0 Å². The van der Waals surface area contributed by atoms with Gasteiger partial charge in [0.05, 0.1) is 11.7 Å². The molecule has 2 aromatic carbocycles. The van der Waals surface area contributed by atoms with E-state index in [0.717, 1.165) is 27.0 Å². The number of aromatic nitrogens is 3. The monoisotopic (exact) mass is 392 g/mol. The molecular formula is C19H13BrN4O. The number of nitrogens with one attached hydrogen (secondary N) is 1. The average molecular weight is 393 g/mol. The first-order valence-corrected chi connectivity index (χ1v) is 8.45. The lowest BCUT2D eigenvalue weighted by atomic mass is 10.1. The quantitative estimate of drug-likeness (QED) is 0.524. The van der Waals surface area contributed by atoms with Crippen molar-refractivity contribution in [3.05, 3.63) is 83.4 Å². The van der Waals surface area contributed by atoms with Crippen LogP contribution in [-0.2, 0) is 0 Å². The minimum Gasteiger partial charge on any atom is -0.322 e. The number of hydrogen-bond donors (Lipinski definition) is 1. The molecule has 0 unspecified atom stereocenters. The number of rotatable bonds is 3. The number of halogens is 1. The first-order chi connectivity index (χ1) is 12.2. The predicted octanol–water partition coefficient (Wildman–Crippen LogP) is 4.44. The van der Waals surface area contributed by atoms with Crippen LogP contribution in [0.15, 0.2) is 77.8 Å². The van der Waals surface area contributed by atoms with E-state index in [2.05, 4.69) is 31.2 Å². The molecule has 122 valence electrons. The summed E-state index contributed by atoms with van der Waals surface area (Å²) in [4.78, 5) is 21.0. The van der Waals surface area contributed by atoms with Crippen LogP contribution in [0.5, 0.6) is 0 Å². The van der Waals surface area contributed by atoms with Gasteiger partial charge in [0.15, 0.2) is 0 Å². The van der Waals surface area contributed by atoms with Gasteiger partial charge in [-0.2, -0.15) is 0 Å². The van der Waals surface area contributed by atoms with Crippen molar-refractivity contribution in [2.75, 3.05) is 5.32 Å². The Labute approximate surface area is 152 Å². The highest BCUT2D eigenvalue weighted by molar-refractivity contribution is 9.10. The second-order valence-electron chi connectivity index (χ2n) is 5.48. The number of imidazole rings is 1. The fourth-order valence-corrected chi connectivity index (χ4v) is 2.93. The number of para-hydroxylation sites is 1. The van der Waals surface area contributed by atoms with E-state index in [1.807, 2.05) is 59.2 Å². The van der Waals surface area contributed by atoms with Gasteiger partial charge < -0.3 is 5.32 Å². The molecule has 0 atom stereocenters. The standard InChI is InChI=1S/C19H13BrN4O/c20-18-10-17-16(11-21-18)22-12-24(17)15-8-4-5-13(9-15)19(25)23-14-6-2-1-3-7-14/h1-12H,(H,23,25). The summed E-state index contributed by atoms with van der Waals surface area (Å²) in [7, 11) is 0. The van der Waals surface area contributed by atoms with Crippen LogP contribution in [0.3, 0.4) is 0 Å². The lowest BCUT2D eigenvalue weighted by Crippen LogP contribution is -2.12. The van der Waals surface area contributed by atoms with Crippen molar-refractivity contribution in [3.63, 3.8) is 0 Å². The maximum atomic E-state index is 12.5. The van der Waals surface area contributed by atoms with Gasteiger partial charge in [0, 0.05) is 16.9 Å². The third-order valence-electron chi connectivity index (χ3n) is 3.82. The van der Waals surface area contributed by atoms with Gasteiger partial charge in [0.1, 0.15) is 16.4 Å². The van der Waals surface area contributed by atoms with E-state index in [-0.39, 0.29) is 5.91 Å². The number of carbonyl (C=O) groups excluding carboxylic acids is 1. The molecule has 4 rings (SSSR count). The summed E-state index contributed by atoms with van der Waals surface area (Å²) in [5.74, 6) is -0.152. The predicted molar refractivity (Wildman–Crippen MR) is 101 cm³/mol. The van der Waals surface area contributed by atoms with Crippen molar-refractivity contribution in [2.24, 2.45) is 0 Å². The van der Waals surface area contributed by atoms with E-state index in [0.29, 0.717) is 5.56 Å². The summed E-state index contributed by atoms with van der Waals surface area (Å²) in [5.41, 5.74) is 3.92. The van der Waals surface area contributed by atoms with E-state index in [1.54, 1.807) is 18.6 Å². The Kier molecular flexibility index (Phi) is 4.03. The third kappa shape index (κ3) is 3.16. The van der Waals surface area contributed by atoms with Crippen LogP contribution in [0.1, 0.15) is 10.4 Å². The van der Waals surface area contributed by atoms with Gasteiger partial charge in [-0.3, -0.25) is 9.36 Å². The molecule has 0 fully saturated rings. The van der Waals surface area contributed by atoms with E-state index in [1.165, 1.54) is 0 Å². The van der Waals surface area contributed by atoms with E-state index in [9.17, 15) is 4.79 Å². The molecule has 1 N–H and O–H groups in total. The topological polar surface area (TPSA) is 59.8 Å². The number of anilines is 1. The smallest absolute Gasteiger partial charge is 0.255 e. The van der Waals surface area contributed by atoms with Crippen LogP contribution < -0.4 is 5.32 Å². The largest absolute Gasteiger partial charge is 0.322 e. The number of hydrogen-bond acceptors (Lipinski definition) is 3. The highest BCUT2D eigenvalue weighted by atomic mass is 79.9. The van der Waals surface area contributed by atoms with Crippen molar-refractivity contribution in [2.45, 2.75) is 0 Å². The van der Waals surface area contributed by atoms with Gasteiger partial charge in [-0.05, 0) is 52.3 Å². The van der Waals surface area contributed by atoms with E-state index in [4.69, 9.17) is 0 Å². The van der Waals surface area contributed by atoms with Gasteiger partial charge in [-0.15, -0.1) is 0 Å². The molecule has 5 nitrogen and oxygen atoms in total. The van der Waals surface area contributed by atoms with Crippen molar-refractivity contribution in [1.82, 2.24) is 14.5 Å². The summed E-state index contributed by atoms with van der Waals surface area (Å²) >= 11 is 3.38. The Morgan fingerprint density at radius 2 is 1.84 bits per heavy atom. The molecule has 0 saturated heterocycles. The van der Waals surface area contributed by atoms with Crippen molar-refractivity contribution in [1.29, 1.82) is 0 Å². The number of carbonyl (C=O) groups is 1. The fourth-order valence-electron chi connectivity index (χ4n) is 2.62. The molecule has 25 heavy (non-hydrogen) atoms. The number of amides is 1. The first kappa shape index (κ1) is 15.5. The first-order valence-electron chi connectivity index (χ1n) is 7.66. The molecule has 4 aromatic rings. The molecule has 1 amide bonds. The Morgan fingerprint density at radius 1 is 1.00 bits per heavy atom. The average Bonchev–Trinajstić information content (AvgIpc) is 3.05. The number of nitrogens with zero attached hydrogens (tertiary/aromatic N) is 3. The van der Waals surface area contributed by atoms with Crippen LogP contribution >= 0.6 is 15.9 Å². The van der Waals surface area contributed by atoms with Crippen LogP contribution in [0.2, 0.25) is 0 Å².